The minimum Gasteiger partial charge on any atom is -0.444 e. The second-order valence-electron chi connectivity index (χ2n) is 10.3. The first kappa shape index (κ1) is 24.5. The Balaban J connectivity index is 1.49. The van der Waals surface area contributed by atoms with Gasteiger partial charge in [-0.1, -0.05) is 0 Å². The number of piperazine rings is 1. The van der Waals surface area contributed by atoms with Gasteiger partial charge < -0.3 is 24.7 Å². The molecule has 1 unspecified atom stereocenters. The molecular formula is C26H35N7O2. The van der Waals surface area contributed by atoms with E-state index in [9.17, 15) is 4.79 Å². The Hall–Kier alpha value is -3.62. The maximum atomic E-state index is 12.5. The Bertz CT molecular complexity index is 1290. The summed E-state index contributed by atoms with van der Waals surface area (Å²) in [6.07, 6.45) is 5.47. The second-order valence-corrected chi connectivity index (χ2v) is 10.3. The third kappa shape index (κ3) is 5.39. The molecule has 1 fully saturated rings. The number of anilines is 1. The molecule has 1 aliphatic heterocycles. The van der Waals surface area contributed by atoms with Crippen LogP contribution in [0.4, 0.5) is 16.3 Å². The first-order chi connectivity index (χ1) is 16.4. The monoisotopic (exact) mass is 477 g/mol. The van der Waals surface area contributed by atoms with Gasteiger partial charge in [0.25, 0.3) is 0 Å². The van der Waals surface area contributed by atoms with E-state index in [0.29, 0.717) is 31.3 Å². The van der Waals surface area contributed by atoms with Crippen LogP contribution in [0.15, 0.2) is 35.7 Å². The minimum absolute atomic E-state index is 0.0252. The zero-order valence-corrected chi connectivity index (χ0v) is 21.7. The molecule has 0 bridgehead atoms. The van der Waals surface area contributed by atoms with Crippen molar-refractivity contribution in [3.8, 4) is 0 Å². The fraction of sp³-hybridized carbons (Fsp3) is 0.462. The van der Waals surface area contributed by atoms with Crippen LogP contribution in [0.2, 0.25) is 0 Å². The molecule has 9 heteroatoms. The number of amidine groups is 1. The predicted octanol–water partition coefficient (Wildman–Crippen LogP) is 4.14. The number of hydrogen-bond donors (Lipinski definition) is 1. The first-order valence-electron chi connectivity index (χ1n) is 11.9. The van der Waals surface area contributed by atoms with E-state index >= 15 is 0 Å². The first-order valence-corrected chi connectivity index (χ1v) is 11.9. The number of carbonyl (C=O) groups excluding carboxylic acids is 1. The maximum absolute atomic E-state index is 12.5. The summed E-state index contributed by atoms with van der Waals surface area (Å²) in [4.78, 5) is 30.3. The third-order valence-corrected chi connectivity index (χ3v) is 6.03. The lowest BCUT2D eigenvalue weighted by Crippen LogP contribution is -2.55. The van der Waals surface area contributed by atoms with E-state index < -0.39 is 5.60 Å². The zero-order chi connectivity index (χ0) is 25.5. The van der Waals surface area contributed by atoms with E-state index in [2.05, 4.69) is 25.9 Å². The summed E-state index contributed by atoms with van der Waals surface area (Å²) in [5.74, 6) is 0.996. The SMILES string of the molecule is Cc1cn2cc(C(N)=Nc3ncc(N4CCN(C(=O)OC(C)(C)C)C(C)C4)cc3C)cc(C)c2n1. The van der Waals surface area contributed by atoms with Gasteiger partial charge in [0.05, 0.1) is 17.6 Å². The predicted molar refractivity (Wildman–Crippen MR) is 139 cm³/mol. The summed E-state index contributed by atoms with van der Waals surface area (Å²) < 4.78 is 7.53. The molecule has 186 valence electrons. The molecule has 1 atom stereocenters. The highest BCUT2D eigenvalue weighted by atomic mass is 16.6. The molecular weight excluding hydrogens is 442 g/mol. The Kier molecular flexibility index (Phi) is 6.44. The Labute approximate surface area is 206 Å². The van der Waals surface area contributed by atoms with E-state index in [-0.39, 0.29) is 12.1 Å². The molecule has 4 heterocycles. The molecule has 9 nitrogen and oxygen atoms in total. The molecule has 3 aromatic rings. The zero-order valence-electron chi connectivity index (χ0n) is 21.7. The average Bonchev–Trinajstić information content (AvgIpc) is 3.14. The van der Waals surface area contributed by atoms with Crippen molar-refractivity contribution in [2.24, 2.45) is 10.7 Å². The van der Waals surface area contributed by atoms with Gasteiger partial charge in [0.1, 0.15) is 17.1 Å². The lowest BCUT2D eigenvalue weighted by atomic mass is 10.1. The van der Waals surface area contributed by atoms with Gasteiger partial charge in [-0.25, -0.2) is 19.8 Å². The van der Waals surface area contributed by atoms with Gasteiger partial charge >= 0.3 is 6.09 Å². The summed E-state index contributed by atoms with van der Waals surface area (Å²) in [5, 5.41) is 0. The van der Waals surface area contributed by atoms with Crippen LogP contribution in [-0.2, 0) is 4.74 Å². The molecule has 35 heavy (non-hydrogen) atoms. The van der Waals surface area contributed by atoms with Crippen molar-refractivity contribution in [3.05, 3.63) is 53.1 Å². The molecule has 0 aromatic carbocycles. The molecule has 0 spiro atoms. The van der Waals surface area contributed by atoms with Crippen LogP contribution in [0.3, 0.4) is 0 Å². The number of hydrogen-bond acceptors (Lipinski definition) is 6. The molecule has 3 aromatic heterocycles. The Morgan fingerprint density at radius 2 is 1.89 bits per heavy atom. The number of aliphatic imine (C=N–C) groups is 1. The number of ether oxygens (including phenoxy) is 1. The van der Waals surface area contributed by atoms with Gasteiger partial charge in [0.2, 0.25) is 0 Å². The van der Waals surface area contributed by atoms with Crippen molar-refractivity contribution < 1.29 is 9.53 Å². The van der Waals surface area contributed by atoms with Crippen LogP contribution in [-0.4, -0.2) is 62.5 Å². The number of pyridine rings is 2. The summed E-state index contributed by atoms with van der Waals surface area (Å²) in [5.41, 5.74) is 11.5. The maximum Gasteiger partial charge on any atom is 0.410 e. The molecule has 0 saturated carbocycles. The quantitative estimate of drug-likeness (QED) is 0.449. The molecule has 1 amide bonds. The number of imidazole rings is 1. The van der Waals surface area contributed by atoms with Gasteiger partial charge in [-0.3, -0.25) is 0 Å². The fourth-order valence-corrected chi connectivity index (χ4v) is 4.34. The standard InChI is InChI=1S/C26H35N7O2/c1-16-11-21(31-8-9-33(19(4)14-31)25(34)35-26(5,6)7)12-28-23(16)30-22(27)20-10-17(2)24-29-18(3)13-32(24)15-20/h10-13,15,19H,8-9,14H2,1-7H3,(H2,27,28,30). The van der Waals surface area contributed by atoms with E-state index in [1.807, 2.05) is 77.5 Å². The number of aromatic nitrogens is 3. The highest BCUT2D eigenvalue weighted by molar-refractivity contribution is 5.99. The molecule has 0 aliphatic carbocycles. The second kappa shape index (κ2) is 9.20. The number of nitrogens with zero attached hydrogens (tertiary/aromatic N) is 6. The van der Waals surface area contributed by atoms with Crippen LogP contribution >= 0.6 is 0 Å². The number of aryl methyl sites for hydroxylation is 3. The molecule has 0 radical (unpaired) electrons. The van der Waals surface area contributed by atoms with E-state index in [0.717, 1.165) is 33.7 Å². The molecule has 1 saturated heterocycles. The van der Waals surface area contributed by atoms with Crippen LogP contribution in [0.1, 0.15) is 50.1 Å². The van der Waals surface area contributed by atoms with E-state index in [4.69, 9.17) is 10.5 Å². The highest BCUT2D eigenvalue weighted by Gasteiger charge is 2.31. The van der Waals surface area contributed by atoms with Crippen molar-refractivity contribution in [2.45, 2.75) is 60.1 Å². The van der Waals surface area contributed by atoms with Crippen molar-refractivity contribution in [1.29, 1.82) is 0 Å². The summed E-state index contributed by atoms with van der Waals surface area (Å²) in [6.45, 7) is 15.7. The van der Waals surface area contributed by atoms with Gasteiger partial charge in [0.15, 0.2) is 5.82 Å². The van der Waals surface area contributed by atoms with Crippen molar-refractivity contribution >= 4 is 29.1 Å². The lowest BCUT2D eigenvalue weighted by molar-refractivity contribution is 0.0159. The number of fused-ring (bicyclic) bond motifs is 1. The van der Waals surface area contributed by atoms with Crippen molar-refractivity contribution in [1.82, 2.24) is 19.3 Å². The Morgan fingerprint density at radius 3 is 2.54 bits per heavy atom. The summed E-state index contributed by atoms with van der Waals surface area (Å²) >= 11 is 0. The van der Waals surface area contributed by atoms with Gasteiger partial charge in [-0.15, -0.1) is 0 Å². The summed E-state index contributed by atoms with van der Waals surface area (Å²) in [7, 11) is 0. The topological polar surface area (TPSA) is 101 Å². The van der Waals surface area contributed by atoms with Crippen LogP contribution in [0.5, 0.6) is 0 Å². The largest absolute Gasteiger partial charge is 0.444 e. The fourth-order valence-electron chi connectivity index (χ4n) is 4.34. The Morgan fingerprint density at radius 1 is 1.14 bits per heavy atom. The highest BCUT2D eigenvalue weighted by Crippen LogP contribution is 2.25. The van der Waals surface area contributed by atoms with Crippen LogP contribution < -0.4 is 10.6 Å². The minimum atomic E-state index is -0.505. The van der Waals surface area contributed by atoms with Crippen molar-refractivity contribution in [3.63, 3.8) is 0 Å². The van der Waals surface area contributed by atoms with Crippen molar-refractivity contribution in [2.75, 3.05) is 24.5 Å². The summed E-state index contributed by atoms with van der Waals surface area (Å²) in [6, 6.07) is 4.09. The average molecular weight is 478 g/mol. The van der Waals surface area contributed by atoms with Gasteiger partial charge in [0, 0.05) is 43.6 Å². The third-order valence-electron chi connectivity index (χ3n) is 6.03. The molecule has 2 N–H and O–H groups in total. The number of carbonyl (C=O) groups is 1. The normalized spacial score (nSPS) is 17.2. The molecule has 1 aliphatic rings. The number of amides is 1. The number of nitrogens with two attached hydrogens (primary N) is 1. The lowest BCUT2D eigenvalue weighted by Gasteiger charge is -2.41. The number of rotatable bonds is 3. The van der Waals surface area contributed by atoms with Crippen LogP contribution in [0.25, 0.3) is 5.65 Å². The van der Waals surface area contributed by atoms with Gasteiger partial charge in [-0.05, 0) is 71.7 Å². The van der Waals surface area contributed by atoms with Crippen LogP contribution in [0, 0.1) is 20.8 Å². The van der Waals surface area contributed by atoms with Gasteiger partial charge in [-0.2, -0.15) is 0 Å². The van der Waals surface area contributed by atoms with E-state index in [1.165, 1.54) is 0 Å². The van der Waals surface area contributed by atoms with E-state index in [1.54, 1.807) is 4.90 Å². The smallest absolute Gasteiger partial charge is 0.410 e. The molecule has 4 rings (SSSR count).